The summed E-state index contributed by atoms with van der Waals surface area (Å²) in [5.74, 6) is 0.358. The molecule has 0 unspecified atom stereocenters. The number of aromatic nitrogens is 1. The smallest absolute Gasteiger partial charge is 0.407 e. The fraction of sp³-hybridized carbons (Fsp3) is 0.292. The number of halogens is 1. The number of ether oxygens (including phenoxy) is 2. The van der Waals surface area contributed by atoms with Gasteiger partial charge in [-0.2, -0.15) is 0 Å². The van der Waals surface area contributed by atoms with E-state index in [-0.39, 0.29) is 19.0 Å². The molecule has 2 aromatic carbocycles. The number of hydrogen-bond donors (Lipinski definition) is 2. The Morgan fingerprint density at radius 2 is 1.82 bits per heavy atom. The van der Waals surface area contributed by atoms with Gasteiger partial charge in [-0.25, -0.2) is 9.78 Å². The van der Waals surface area contributed by atoms with Gasteiger partial charge in [0.15, 0.2) is 0 Å². The number of carbonyl (C=O) groups is 2. The summed E-state index contributed by atoms with van der Waals surface area (Å²) in [5, 5.41) is 6.04. The Morgan fingerprint density at radius 3 is 2.58 bits per heavy atom. The maximum Gasteiger partial charge on any atom is 0.407 e. The third kappa shape index (κ3) is 7.76. The number of thiazole rings is 1. The van der Waals surface area contributed by atoms with Gasteiger partial charge in [0.05, 0.1) is 10.4 Å². The van der Waals surface area contributed by atoms with Crippen LogP contribution in [0.2, 0.25) is 5.02 Å². The topological polar surface area (TPSA) is 89.6 Å². The van der Waals surface area contributed by atoms with Gasteiger partial charge in [0.2, 0.25) is 0 Å². The second-order valence-electron chi connectivity index (χ2n) is 8.16. The van der Waals surface area contributed by atoms with E-state index in [4.69, 9.17) is 21.1 Å². The zero-order valence-corrected chi connectivity index (χ0v) is 20.3. The van der Waals surface area contributed by atoms with Crippen molar-refractivity contribution in [3.05, 3.63) is 70.3 Å². The van der Waals surface area contributed by atoms with Gasteiger partial charge in [0.1, 0.15) is 23.7 Å². The van der Waals surface area contributed by atoms with Crippen LogP contribution in [0, 0.1) is 0 Å². The van der Waals surface area contributed by atoms with Gasteiger partial charge in [0, 0.05) is 18.1 Å². The highest BCUT2D eigenvalue weighted by Gasteiger charge is 2.18. The molecular formula is C24H26ClN3O4S. The Kier molecular flexibility index (Phi) is 8.30. The third-order valence-corrected chi connectivity index (χ3v) is 5.36. The average Bonchev–Trinajstić information content (AvgIpc) is 3.24. The second kappa shape index (κ2) is 11.2. The first-order chi connectivity index (χ1) is 15.7. The van der Waals surface area contributed by atoms with Crippen LogP contribution in [0.1, 0.15) is 36.8 Å². The average molecular weight is 488 g/mol. The molecule has 33 heavy (non-hydrogen) atoms. The lowest BCUT2D eigenvalue weighted by molar-refractivity contribution is 0.0526. The van der Waals surface area contributed by atoms with Crippen molar-refractivity contribution in [3.63, 3.8) is 0 Å². The van der Waals surface area contributed by atoms with Crippen LogP contribution in [0.25, 0.3) is 10.4 Å². The van der Waals surface area contributed by atoms with E-state index in [1.807, 2.05) is 48.5 Å². The van der Waals surface area contributed by atoms with Gasteiger partial charge in [-0.3, -0.25) is 4.79 Å². The van der Waals surface area contributed by atoms with Crippen molar-refractivity contribution in [1.82, 2.24) is 15.6 Å². The van der Waals surface area contributed by atoms with Gasteiger partial charge in [-0.05, 0) is 56.2 Å². The Bertz CT molecular complexity index is 1110. The van der Waals surface area contributed by atoms with Crippen LogP contribution in [-0.4, -0.2) is 35.7 Å². The zero-order chi connectivity index (χ0) is 23.8. The van der Waals surface area contributed by atoms with E-state index in [9.17, 15) is 9.59 Å². The van der Waals surface area contributed by atoms with Gasteiger partial charge in [-0.15, -0.1) is 11.3 Å². The molecule has 0 radical (unpaired) electrons. The van der Waals surface area contributed by atoms with E-state index in [2.05, 4.69) is 15.6 Å². The molecule has 3 aromatic rings. The highest BCUT2D eigenvalue weighted by Crippen LogP contribution is 2.30. The number of benzene rings is 2. The lowest BCUT2D eigenvalue weighted by Gasteiger charge is -2.19. The zero-order valence-electron chi connectivity index (χ0n) is 18.7. The number of carbonyl (C=O) groups excluding carboxylic acids is 2. The molecule has 0 aliphatic rings. The van der Waals surface area contributed by atoms with Crippen molar-refractivity contribution in [2.24, 2.45) is 0 Å². The molecule has 0 aliphatic carbocycles. The predicted molar refractivity (Wildman–Crippen MR) is 130 cm³/mol. The predicted octanol–water partition coefficient (Wildman–Crippen LogP) is 5.30. The molecule has 9 heteroatoms. The number of nitrogens with zero attached hydrogens (tertiary/aromatic N) is 1. The number of alkyl carbamates (subject to hydrolysis) is 1. The Hall–Kier alpha value is -3.10. The minimum Gasteiger partial charge on any atom is -0.489 e. The van der Waals surface area contributed by atoms with Crippen molar-refractivity contribution in [3.8, 4) is 16.2 Å². The van der Waals surface area contributed by atoms with Crippen molar-refractivity contribution >= 4 is 34.9 Å². The summed E-state index contributed by atoms with van der Waals surface area (Å²) >= 11 is 7.40. The molecule has 0 aliphatic heterocycles. The summed E-state index contributed by atoms with van der Waals surface area (Å²) in [4.78, 5) is 29.3. The van der Waals surface area contributed by atoms with Crippen molar-refractivity contribution < 1.29 is 19.1 Å². The first-order valence-electron chi connectivity index (χ1n) is 10.4. The van der Waals surface area contributed by atoms with E-state index in [1.165, 1.54) is 11.3 Å². The van der Waals surface area contributed by atoms with Crippen LogP contribution < -0.4 is 15.4 Å². The monoisotopic (exact) mass is 487 g/mol. The largest absolute Gasteiger partial charge is 0.489 e. The van der Waals surface area contributed by atoms with Gasteiger partial charge in [-0.1, -0.05) is 35.9 Å². The molecule has 0 saturated carbocycles. The highest BCUT2D eigenvalue weighted by atomic mass is 35.5. The summed E-state index contributed by atoms with van der Waals surface area (Å²) in [6, 6.07) is 15.0. The second-order valence-corrected chi connectivity index (χ2v) is 9.45. The first kappa shape index (κ1) is 24.5. The molecule has 174 valence electrons. The lowest BCUT2D eigenvalue weighted by atomic mass is 10.1. The quantitative estimate of drug-likeness (QED) is 0.421. The van der Waals surface area contributed by atoms with Crippen LogP contribution in [0.4, 0.5) is 4.79 Å². The minimum absolute atomic E-state index is 0.243. The summed E-state index contributed by atoms with van der Waals surface area (Å²) in [6.45, 7) is 6.23. The normalized spacial score (nSPS) is 11.0. The van der Waals surface area contributed by atoms with Crippen molar-refractivity contribution in [2.45, 2.75) is 33.0 Å². The van der Waals surface area contributed by atoms with Crippen molar-refractivity contribution in [2.75, 3.05) is 13.1 Å². The summed E-state index contributed by atoms with van der Waals surface area (Å²) in [7, 11) is 0. The van der Waals surface area contributed by atoms with E-state index < -0.39 is 11.7 Å². The number of amides is 2. The SMILES string of the molecule is CC(C)(C)OC(=O)NCCNC(=O)c1ncsc1-c1cccc(OCc2cccc(Cl)c2)c1. The molecule has 2 amide bonds. The van der Waals surface area contributed by atoms with Crippen molar-refractivity contribution in [1.29, 1.82) is 0 Å². The van der Waals surface area contributed by atoms with Gasteiger partial charge in [0.25, 0.3) is 5.91 Å². The third-order valence-electron chi connectivity index (χ3n) is 4.25. The molecular weight excluding hydrogens is 462 g/mol. The summed E-state index contributed by atoms with van der Waals surface area (Å²) < 4.78 is 11.1. The van der Waals surface area contributed by atoms with E-state index >= 15 is 0 Å². The van der Waals surface area contributed by atoms with Crippen LogP contribution in [0.5, 0.6) is 5.75 Å². The van der Waals surface area contributed by atoms with Crippen LogP contribution in [0.15, 0.2) is 54.0 Å². The molecule has 0 atom stereocenters. The number of nitrogens with one attached hydrogen (secondary N) is 2. The minimum atomic E-state index is -0.574. The number of rotatable bonds is 8. The highest BCUT2D eigenvalue weighted by molar-refractivity contribution is 7.13. The molecule has 0 spiro atoms. The molecule has 3 rings (SSSR count). The molecule has 0 bridgehead atoms. The van der Waals surface area contributed by atoms with E-state index in [0.717, 1.165) is 16.0 Å². The standard InChI is InChI=1S/C24H26ClN3O4S/c1-24(2,3)32-23(30)27-11-10-26-22(29)20-21(33-15-28-20)17-7-5-9-19(13-17)31-14-16-6-4-8-18(25)12-16/h4-9,12-13,15H,10-11,14H2,1-3H3,(H,26,29)(H,27,30). The van der Waals surface area contributed by atoms with E-state index in [1.54, 1.807) is 26.3 Å². The van der Waals surface area contributed by atoms with Crippen LogP contribution in [0.3, 0.4) is 0 Å². The van der Waals surface area contributed by atoms with E-state index in [0.29, 0.717) is 23.1 Å². The number of hydrogen-bond acceptors (Lipinski definition) is 6. The molecule has 1 heterocycles. The molecule has 2 N–H and O–H groups in total. The molecule has 0 saturated heterocycles. The fourth-order valence-electron chi connectivity index (χ4n) is 2.87. The summed E-state index contributed by atoms with van der Waals surface area (Å²) in [5.41, 5.74) is 3.17. The summed E-state index contributed by atoms with van der Waals surface area (Å²) in [6.07, 6.45) is -0.527. The molecule has 0 fully saturated rings. The molecule has 7 nitrogen and oxygen atoms in total. The first-order valence-corrected chi connectivity index (χ1v) is 11.6. The maximum atomic E-state index is 12.6. The Balaban J connectivity index is 1.57. The lowest BCUT2D eigenvalue weighted by Crippen LogP contribution is -2.38. The Labute approximate surface area is 202 Å². The Morgan fingerprint density at radius 1 is 1.06 bits per heavy atom. The fourth-order valence-corrected chi connectivity index (χ4v) is 3.87. The molecule has 1 aromatic heterocycles. The van der Waals surface area contributed by atoms with Crippen LogP contribution in [-0.2, 0) is 11.3 Å². The maximum absolute atomic E-state index is 12.6. The van der Waals surface area contributed by atoms with Gasteiger partial charge >= 0.3 is 6.09 Å². The van der Waals surface area contributed by atoms with Gasteiger partial charge < -0.3 is 20.1 Å². The van der Waals surface area contributed by atoms with Crippen LogP contribution >= 0.6 is 22.9 Å².